The highest BCUT2D eigenvalue weighted by molar-refractivity contribution is 5.70. The molecule has 0 bridgehead atoms. The van der Waals surface area contributed by atoms with Crippen molar-refractivity contribution < 1.29 is 19.7 Å². The third-order valence-corrected chi connectivity index (χ3v) is 4.75. The first-order valence-corrected chi connectivity index (χ1v) is 8.76. The van der Waals surface area contributed by atoms with E-state index in [0.29, 0.717) is 0 Å². The number of nitrogens with one attached hydrogen (secondary N) is 2. The van der Waals surface area contributed by atoms with Crippen LogP contribution in [0.2, 0.25) is 0 Å². The Morgan fingerprint density at radius 1 is 1.38 bits per heavy atom. The van der Waals surface area contributed by atoms with E-state index in [9.17, 15) is 24.6 Å². The van der Waals surface area contributed by atoms with E-state index >= 15 is 0 Å². The third kappa shape index (κ3) is 2.86. The minimum Gasteiger partial charge on any atom is -0.488 e. The molecule has 4 atom stereocenters. The van der Waals surface area contributed by atoms with Crippen LogP contribution in [-0.2, 0) is 4.74 Å². The summed E-state index contributed by atoms with van der Waals surface area (Å²) in [5.74, 6) is -0.269. The Morgan fingerprint density at radius 2 is 2.14 bits per heavy atom. The zero-order valence-corrected chi connectivity index (χ0v) is 15.2. The maximum Gasteiger partial charge on any atom is 0.280 e. The molecule has 0 spiro atoms. The first-order chi connectivity index (χ1) is 13.9. The molecule has 3 aromatic rings. The topological polar surface area (TPSA) is 195 Å². The van der Waals surface area contributed by atoms with Crippen LogP contribution in [0.5, 0.6) is 5.75 Å². The zero-order chi connectivity index (χ0) is 20.9. The molecule has 1 aromatic carbocycles. The molecule has 0 amide bonds. The van der Waals surface area contributed by atoms with Gasteiger partial charge in [-0.25, -0.2) is 4.98 Å². The number of ether oxygens (including phenoxy) is 2. The maximum atomic E-state index is 12.0. The Kier molecular flexibility index (Phi) is 4.56. The Hall–Kier alpha value is -3.29. The second-order valence-corrected chi connectivity index (χ2v) is 6.48. The molecule has 29 heavy (non-hydrogen) atoms. The lowest BCUT2D eigenvalue weighted by atomic mass is 10.1. The minimum absolute atomic E-state index is 0.00642. The van der Waals surface area contributed by atoms with Crippen molar-refractivity contribution in [3.8, 4) is 5.75 Å². The summed E-state index contributed by atoms with van der Waals surface area (Å²) in [6, 6.07) is -0.954. The molecule has 13 nitrogen and oxygen atoms in total. The lowest BCUT2D eigenvalue weighted by molar-refractivity contribution is -0.0487. The van der Waals surface area contributed by atoms with Gasteiger partial charge in [-0.1, -0.05) is 0 Å². The van der Waals surface area contributed by atoms with Crippen LogP contribution in [0.25, 0.3) is 11.2 Å². The summed E-state index contributed by atoms with van der Waals surface area (Å²) in [7, 11) is 0. The normalized spacial score (nSPS) is 24.4. The van der Waals surface area contributed by atoms with Crippen molar-refractivity contribution in [1.82, 2.24) is 19.5 Å². The number of aromatic amines is 1. The number of H-pyrrole nitrogens is 1. The fraction of sp³-hybridized carbons (Fsp3) is 0.438. The van der Waals surface area contributed by atoms with Gasteiger partial charge in [0.2, 0.25) is 5.95 Å². The predicted molar refractivity (Wildman–Crippen MR) is 99.5 cm³/mol. The zero-order valence-electron chi connectivity index (χ0n) is 15.2. The highest BCUT2D eigenvalue weighted by atomic mass is 16.5. The maximum absolute atomic E-state index is 12.0. The molecule has 1 fully saturated rings. The van der Waals surface area contributed by atoms with Gasteiger partial charge in [-0.05, 0) is 6.92 Å². The molecule has 2 unspecified atom stereocenters. The van der Waals surface area contributed by atoms with Crippen molar-refractivity contribution in [2.45, 2.75) is 31.4 Å². The number of anilines is 2. The highest BCUT2D eigenvalue weighted by Crippen LogP contribution is 2.33. The number of aliphatic hydroxyl groups excluding tert-OH is 2. The second kappa shape index (κ2) is 6.95. The van der Waals surface area contributed by atoms with E-state index in [1.54, 1.807) is 6.92 Å². The summed E-state index contributed by atoms with van der Waals surface area (Å²) < 4.78 is 12.2. The van der Waals surface area contributed by atoms with E-state index in [-0.39, 0.29) is 35.2 Å². The molecule has 6 N–H and O–H groups in total. The summed E-state index contributed by atoms with van der Waals surface area (Å²) in [5.41, 5.74) is 3.46. The summed E-state index contributed by atoms with van der Waals surface area (Å²) in [6.45, 7) is 1.34. The number of nitrogen functional groups attached to an aromatic ring is 1. The van der Waals surface area contributed by atoms with Crippen LogP contribution in [0.1, 0.15) is 13.2 Å². The van der Waals surface area contributed by atoms with E-state index in [4.69, 9.17) is 15.2 Å². The van der Waals surface area contributed by atoms with Gasteiger partial charge in [-0.3, -0.25) is 23.9 Å². The molecular weight excluding hydrogens is 388 g/mol. The van der Waals surface area contributed by atoms with Crippen LogP contribution >= 0.6 is 0 Å². The van der Waals surface area contributed by atoms with E-state index < -0.39 is 47.5 Å². The van der Waals surface area contributed by atoms with E-state index in [0.717, 1.165) is 0 Å². The van der Waals surface area contributed by atoms with Crippen molar-refractivity contribution >= 4 is 22.8 Å². The lowest BCUT2D eigenvalue weighted by Crippen LogP contribution is -2.45. The van der Waals surface area contributed by atoms with Gasteiger partial charge in [-0.15, -0.1) is 0 Å². The number of fused-ring (bicyclic) bond motifs is 1. The predicted octanol–water partition coefficient (Wildman–Crippen LogP) is -2.57. The molecule has 0 aliphatic carbocycles. The van der Waals surface area contributed by atoms with Crippen molar-refractivity contribution in [3.05, 3.63) is 37.1 Å². The minimum atomic E-state index is -1.30. The van der Waals surface area contributed by atoms with Crippen LogP contribution in [0, 0.1) is 0 Å². The summed E-state index contributed by atoms with van der Waals surface area (Å²) in [5, 5.41) is 23.2. The molecule has 154 valence electrons. The molecule has 1 saturated heterocycles. The Morgan fingerprint density at radius 3 is 2.83 bits per heavy atom. The fourth-order valence-electron chi connectivity index (χ4n) is 3.39. The summed E-state index contributed by atoms with van der Waals surface area (Å²) in [6.07, 6.45) is -2.08. The molecule has 0 radical (unpaired) electrons. The largest absolute Gasteiger partial charge is 0.488 e. The van der Waals surface area contributed by atoms with Crippen molar-refractivity contribution in [3.63, 3.8) is 0 Å². The molecule has 1 aliphatic rings. The first kappa shape index (κ1) is 19.0. The summed E-state index contributed by atoms with van der Waals surface area (Å²) >= 11 is 0. The Bertz CT molecular complexity index is 1190. The van der Waals surface area contributed by atoms with Crippen molar-refractivity contribution in [2.75, 3.05) is 24.3 Å². The van der Waals surface area contributed by atoms with Gasteiger partial charge < -0.3 is 30.7 Å². The molecule has 3 heterocycles. The van der Waals surface area contributed by atoms with Gasteiger partial charge in [0.15, 0.2) is 23.1 Å². The molecule has 0 saturated carbocycles. The van der Waals surface area contributed by atoms with Gasteiger partial charge in [-0.2, -0.15) is 4.98 Å². The Balaban J connectivity index is 1.68. The van der Waals surface area contributed by atoms with Crippen LogP contribution < -0.4 is 32.2 Å². The molecule has 1 aliphatic heterocycles. The third-order valence-electron chi connectivity index (χ3n) is 4.75. The fourth-order valence-corrected chi connectivity index (χ4v) is 3.39. The standard InChI is InChI=1S/C16H18N6O7/c1-2-28-12-7(9(24)11(12)26)19-6-5(3-23)29-15(10(6)25)22-4-18-8-13(22)20-16(17)21-14(8)27/h4-6,10,15,19,23,25H,2-3H2,1H3,(H3,17,20,21,27)/t5-,6?,10?,15-/m1/s1. The molecule has 4 rings (SSSR count). The van der Waals surface area contributed by atoms with Gasteiger partial charge in [0.25, 0.3) is 16.4 Å². The quantitative estimate of drug-likeness (QED) is 0.270. The van der Waals surface area contributed by atoms with Crippen molar-refractivity contribution in [1.29, 1.82) is 0 Å². The number of rotatable bonds is 6. The van der Waals surface area contributed by atoms with Crippen molar-refractivity contribution in [2.24, 2.45) is 0 Å². The van der Waals surface area contributed by atoms with E-state index in [1.165, 1.54) is 10.9 Å². The van der Waals surface area contributed by atoms with Gasteiger partial charge >= 0.3 is 0 Å². The van der Waals surface area contributed by atoms with Crippen LogP contribution in [-0.4, -0.2) is 61.2 Å². The number of nitrogens with zero attached hydrogens (tertiary/aromatic N) is 3. The van der Waals surface area contributed by atoms with E-state index in [1.807, 2.05) is 0 Å². The summed E-state index contributed by atoms with van der Waals surface area (Å²) in [4.78, 5) is 45.8. The first-order valence-electron chi connectivity index (χ1n) is 8.76. The molecule has 2 aromatic heterocycles. The van der Waals surface area contributed by atoms with Crippen LogP contribution in [0.15, 0.2) is 20.7 Å². The molecule has 13 heteroatoms. The molecular formula is C16H18N6O7. The Labute approximate surface area is 161 Å². The van der Waals surface area contributed by atoms with Crippen LogP contribution in [0.4, 0.5) is 11.6 Å². The smallest absolute Gasteiger partial charge is 0.280 e. The van der Waals surface area contributed by atoms with Crippen LogP contribution in [0.3, 0.4) is 0 Å². The SMILES string of the molecule is CCOc1c(NC2C(O)[C@H](n3cnc4c(=O)[nH]c(N)nc43)O[C@@H]2CO)c(=O)c1=O. The average Bonchev–Trinajstić information content (AvgIpc) is 3.25. The average molecular weight is 406 g/mol. The number of imidazole rings is 1. The van der Waals surface area contributed by atoms with Gasteiger partial charge in [0.1, 0.15) is 17.9 Å². The van der Waals surface area contributed by atoms with Gasteiger partial charge in [0.05, 0.1) is 25.6 Å². The lowest BCUT2D eigenvalue weighted by Gasteiger charge is -2.23. The number of nitrogens with two attached hydrogens (primary N) is 1. The van der Waals surface area contributed by atoms with Gasteiger partial charge in [0, 0.05) is 0 Å². The number of aromatic nitrogens is 4. The highest BCUT2D eigenvalue weighted by Gasteiger charge is 2.46. The van der Waals surface area contributed by atoms with E-state index in [2.05, 4.69) is 20.3 Å². The number of hydrogen-bond donors (Lipinski definition) is 5. The number of hydrogen-bond acceptors (Lipinski definition) is 11. The number of aliphatic hydroxyl groups is 2. The monoisotopic (exact) mass is 406 g/mol. The second-order valence-electron chi connectivity index (χ2n) is 6.48.